The number of carbonyl (C=O) groups is 2. The van der Waals surface area contributed by atoms with Crippen molar-refractivity contribution < 1.29 is 19.4 Å². The maximum atomic E-state index is 11.9. The van der Waals surface area contributed by atoms with Crippen LogP contribution < -0.4 is 4.74 Å². The molecule has 0 fully saturated rings. The van der Waals surface area contributed by atoms with Gasteiger partial charge in [-0.25, -0.2) is 4.79 Å². The van der Waals surface area contributed by atoms with Crippen LogP contribution in [0.25, 0.3) is 0 Å². The van der Waals surface area contributed by atoms with Crippen molar-refractivity contribution in [2.24, 2.45) is 0 Å². The van der Waals surface area contributed by atoms with Crippen LogP contribution in [0.4, 0.5) is 0 Å². The van der Waals surface area contributed by atoms with Gasteiger partial charge in [0.05, 0.1) is 0 Å². The van der Waals surface area contributed by atoms with E-state index in [0.29, 0.717) is 6.42 Å². The smallest absolute Gasteiger partial charge is 0.339 e. The molecule has 0 aliphatic carbocycles. The van der Waals surface area contributed by atoms with Crippen LogP contribution in [0.15, 0.2) is 48.6 Å². The molecule has 4 heteroatoms. The Kier molecular flexibility index (Phi) is 14.1. The predicted octanol–water partition coefficient (Wildman–Crippen LogP) is 7.10. The highest BCUT2D eigenvalue weighted by molar-refractivity contribution is 5.91. The van der Waals surface area contributed by atoms with Crippen molar-refractivity contribution in [3.8, 4) is 5.75 Å². The highest BCUT2D eigenvalue weighted by atomic mass is 16.5. The van der Waals surface area contributed by atoms with Gasteiger partial charge in [0.1, 0.15) is 11.3 Å². The van der Waals surface area contributed by atoms with Gasteiger partial charge in [-0.05, 0) is 44.2 Å². The van der Waals surface area contributed by atoms with Crippen LogP contribution in [-0.4, -0.2) is 17.0 Å². The van der Waals surface area contributed by atoms with E-state index >= 15 is 0 Å². The first-order chi connectivity index (χ1) is 14.1. The summed E-state index contributed by atoms with van der Waals surface area (Å²) in [4.78, 5) is 23.0. The molecule has 0 atom stereocenters. The van der Waals surface area contributed by atoms with E-state index in [1.807, 2.05) is 0 Å². The second-order valence-corrected chi connectivity index (χ2v) is 7.29. The molecule has 1 aromatic carbocycles. The molecule has 160 valence electrons. The number of hydrogen-bond donors (Lipinski definition) is 1. The van der Waals surface area contributed by atoms with E-state index in [2.05, 4.69) is 31.2 Å². The third-order valence-electron chi connectivity index (χ3n) is 4.70. The van der Waals surface area contributed by atoms with E-state index in [1.165, 1.54) is 44.2 Å². The Balaban J connectivity index is 2.02. The highest BCUT2D eigenvalue weighted by Crippen LogP contribution is 2.19. The molecular formula is C25H36O4. The standard InChI is InChI=1S/C25H36O4/c1-2-3-4-5-6-7-8-9-10-11-12-13-14-15-16-21-24(26)29-23-20-18-17-19-22(23)25(27)28/h7-10,17-20H,2-6,11-16,21H2,1H3,(H,27,28). The fourth-order valence-electron chi connectivity index (χ4n) is 3.01. The molecule has 0 aliphatic heterocycles. The van der Waals surface area contributed by atoms with Crippen molar-refractivity contribution in [3.63, 3.8) is 0 Å². The van der Waals surface area contributed by atoms with Crippen LogP contribution in [0.2, 0.25) is 0 Å². The average molecular weight is 401 g/mol. The van der Waals surface area contributed by atoms with Gasteiger partial charge in [0, 0.05) is 6.42 Å². The lowest BCUT2D eigenvalue weighted by Crippen LogP contribution is -2.10. The second-order valence-electron chi connectivity index (χ2n) is 7.29. The number of allylic oxidation sites excluding steroid dienone is 4. The number of carboxylic acids is 1. The van der Waals surface area contributed by atoms with Gasteiger partial charge in [-0.2, -0.15) is 0 Å². The number of esters is 1. The zero-order chi connectivity index (χ0) is 21.2. The van der Waals surface area contributed by atoms with Gasteiger partial charge in [0.2, 0.25) is 0 Å². The van der Waals surface area contributed by atoms with Crippen LogP contribution >= 0.6 is 0 Å². The number of carbonyl (C=O) groups excluding carboxylic acids is 1. The molecule has 29 heavy (non-hydrogen) atoms. The largest absolute Gasteiger partial charge is 0.478 e. The zero-order valence-corrected chi connectivity index (χ0v) is 17.8. The number of benzene rings is 1. The SMILES string of the molecule is CCCCCCC=CC=CCCCCCCCC(=O)Oc1ccccc1C(=O)O. The fraction of sp³-hybridized carbons (Fsp3) is 0.520. The Hall–Kier alpha value is -2.36. The monoisotopic (exact) mass is 400 g/mol. The van der Waals surface area contributed by atoms with Gasteiger partial charge in [0.15, 0.2) is 0 Å². The minimum atomic E-state index is -1.09. The van der Waals surface area contributed by atoms with Crippen LogP contribution in [0.5, 0.6) is 5.75 Å². The molecule has 0 unspecified atom stereocenters. The Bertz CT molecular complexity index is 646. The van der Waals surface area contributed by atoms with Gasteiger partial charge in [0.25, 0.3) is 0 Å². The molecule has 0 aliphatic rings. The van der Waals surface area contributed by atoms with Crippen LogP contribution in [0.1, 0.15) is 94.3 Å². The lowest BCUT2D eigenvalue weighted by atomic mass is 10.1. The number of hydrogen-bond acceptors (Lipinski definition) is 3. The Morgan fingerprint density at radius 2 is 1.45 bits per heavy atom. The normalized spacial score (nSPS) is 11.3. The van der Waals surface area contributed by atoms with E-state index in [-0.39, 0.29) is 17.3 Å². The molecule has 0 saturated heterocycles. The van der Waals surface area contributed by atoms with Gasteiger partial charge in [-0.15, -0.1) is 0 Å². The first-order valence-corrected chi connectivity index (χ1v) is 11.0. The third kappa shape index (κ3) is 12.7. The highest BCUT2D eigenvalue weighted by Gasteiger charge is 2.13. The molecule has 0 radical (unpaired) electrons. The summed E-state index contributed by atoms with van der Waals surface area (Å²) < 4.78 is 5.19. The molecule has 1 N–H and O–H groups in total. The number of para-hydroxylation sites is 1. The van der Waals surface area contributed by atoms with Crippen molar-refractivity contribution in [1.29, 1.82) is 0 Å². The van der Waals surface area contributed by atoms with Gasteiger partial charge < -0.3 is 9.84 Å². The summed E-state index contributed by atoms with van der Waals surface area (Å²) >= 11 is 0. The van der Waals surface area contributed by atoms with Crippen LogP contribution in [-0.2, 0) is 4.79 Å². The van der Waals surface area contributed by atoms with E-state index < -0.39 is 5.97 Å². The van der Waals surface area contributed by atoms with E-state index in [0.717, 1.165) is 38.5 Å². The van der Waals surface area contributed by atoms with Gasteiger partial charge in [-0.3, -0.25) is 4.79 Å². The molecule has 4 nitrogen and oxygen atoms in total. The molecule has 1 rings (SSSR count). The molecule has 1 aromatic rings. The number of rotatable bonds is 16. The Morgan fingerprint density at radius 1 is 0.862 bits per heavy atom. The minimum Gasteiger partial charge on any atom is -0.478 e. The fourth-order valence-corrected chi connectivity index (χ4v) is 3.01. The molecule has 0 bridgehead atoms. The van der Waals surface area contributed by atoms with Crippen LogP contribution in [0, 0.1) is 0 Å². The van der Waals surface area contributed by atoms with Crippen molar-refractivity contribution in [3.05, 3.63) is 54.1 Å². The summed E-state index contributed by atoms with van der Waals surface area (Å²) in [6.07, 6.45) is 21.8. The first-order valence-electron chi connectivity index (χ1n) is 11.0. The van der Waals surface area contributed by atoms with Crippen molar-refractivity contribution >= 4 is 11.9 Å². The van der Waals surface area contributed by atoms with Crippen molar-refractivity contribution in [2.75, 3.05) is 0 Å². The predicted molar refractivity (Wildman–Crippen MR) is 118 cm³/mol. The lowest BCUT2D eigenvalue weighted by Gasteiger charge is -2.07. The summed E-state index contributed by atoms with van der Waals surface area (Å²) in [5.74, 6) is -1.35. The number of unbranched alkanes of at least 4 members (excludes halogenated alkanes) is 9. The zero-order valence-electron chi connectivity index (χ0n) is 17.8. The maximum absolute atomic E-state index is 11.9. The second kappa shape index (κ2) is 16.6. The summed E-state index contributed by atoms with van der Waals surface area (Å²) in [6, 6.07) is 6.22. The van der Waals surface area contributed by atoms with E-state index in [4.69, 9.17) is 9.84 Å². The van der Waals surface area contributed by atoms with Gasteiger partial charge >= 0.3 is 11.9 Å². The molecule has 0 saturated carbocycles. The quantitative estimate of drug-likeness (QED) is 0.139. The number of carboxylic acid groups (broad SMARTS) is 1. The molecule has 0 aromatic heterocycles. The Labute approximate surface area is 175 Å². The molecule has 0 amide bonds. The summed E-state index contributed by atoms with van der Waals surface area (Å²) in [5.41, 5.74) is 0.0141. The van der Waals surface area contributed by atoms with Gasteiger partial charge in [-0.1, -0.05) is 81.9 Å². The average Bonchev–Trinajstić information content (AvgIpc) is 2.71. The Morgan fingerprint density at radius 3 is 2.10 bits per heavy atom. The summed E-state index contributed by atoms with van der Waals surface area (Å²) in [7, 11) is 0. The summed E-state index contributed by atoms with van der Waals surface area (Å²) in [6.45, 7) is 2.23. The topological polar surface area (TPSA) is 63.6 Å². The molecular weight excluding hydrogens is 364 g/mol. The first kappa shape index (κ1) is 24.7. The molecule has 0 heterocycles. The maximum Gasteiger partial charge on any atom is 0.339 e. The third-order valence-corrected chi connectivity index (χ3v) is 4.70. The van der Waals surface area contributed by atoms with Crippen molar-refractivity contribution in [1.82, 2.24) is 0 Å². The minimum absolute atomic E-state index is 0.0141. The van der Waals surface area contributed by atoms with E-state index in [1.54, 1.807) is 12.1 Å². The summed E-state index contributed by atoms with van der Waals surface area (Å²) in [5, 5.41) is 9.10. The molecule has 0 spiro atoms. The van der Waals surface area contributed by atoms with Crippen molar-refractivity contribution in [2.45, 2.75) is 84.0 Å². The van der Waals surface area contributed by atoms with E-state index in [9.17, 15) is 9.59 Å². The number of ether oxygens (including phenoxy) is 1. The van der Waals surface area contributed by atoms with Crippen LogP contribution in [0.3, 0.4) is 0 Å². The lowest BCUT2D eigenvalue weighted by molar-refractivity contribution is -0.134. The number of aromatic carboxylic acids is 1.